The smallest absolute Gasteiger partial charge is 0.312 e. The Morgan fingerprint density at radius 3 is 1.93 bits per heavy atom. The van der Waals surface area contributed by atoms with Gasteiger partial charge in [0.2, 0.25) is 0 Å². The second-order valence-corrected chi connectivity index (χ2v) is 10.6. The molecule has 8 heteroatoms. The summed E-state index contributed by atoms with van der Waals surface area (Å²) in [7, 11) is -8.96. The standard InChI is InChI=1S/C21H20NO5PS/c1-16-12-14-19(15-13-16)29(25,26)22-20(17-8-4-2-5-9-17)21(27-28(22,23)24)18-10-6-3-7-11-18/h2-15,20-21H,1H3,(H,23,24). The van der Waals surface area contributed by atoms with Crippen molar-refractivity contribution in [1.82, 2.24) is 4.08 Å². The van der Waals surface area contributed by atoms with Crippen molar-refractivity contribution in [3.8, 4) is 0 Å². The third kappa shape index (κ3) is 3.68. The Morgan fingerprint density at radius 1 is 0.862 bits per heavy atom. The number of sulfonamides is 1. The second kappa shape index (κ2) is 7.52. The quantitative estimate of drug-likeness (QED) is 0.613. The first kappa shape index (κ1) is 20.0. The van der Waals surface area contributed by atoms with E-state index in [1.165, 1.54) is 12.1 Å². The first-order valence-electron chi connectivity index (χ1n) is 9.03. The molecule has 1 fully saturated rings. The number of aryl methyl sites for hydroxylation is 1. The van der Waals surface area contributed by atoms with Gasteiger partial charge in [0.25, 0.3) is 10.0 Å². The molecular weight excluding hydrogens is 409 g/mol. The number of nitrogens with zero attached hydrogens (tertiary/aromatic N) is 1. The van der Waals surface area contributed by atoms with Crippen molar-refractivity contribution in [2.24, 2.45) is 0 Å². The molecule has 0 aromatic heterocycles. The number of rotatable bonds is 4. The van der Waals surface area contributed by atoms with E-state index in [4.69, 9.17) is 4.52 Å². The topological polar surface area (TPSA) is 83.9 Å². The van der Waals surface area contributed by atoms with E-state index in [0.717, 1.165) is 5.56 Å². The van der Waals surface area contributed by atoms with Gasteiger partial charge in [-0.1, -0.05) is 82.4 Å². The molecule has 0 spiro atoms. The van der Waals surface area contributed by atoms with Crippen molar-refractivity contribution >= 4 is 17.8 Å². The van der Waals surface area contributed by atoms with Crippen LogP contribution in [0.1, 0.15) is 28.8 Å². The third-order valence-electron chi connectivity index (χ3n) is 4.86. The summed E-state index contributed by atoms with van der Waals surface area (Å²) >= 11 is 0. The van der Waals surface area contributed by atoms with E-state index in [1.54, 1.807) is 66.7 Å². The molecule has 29 heavy (non-hydrogen) atoms. The van der Waals surface area contributed by atoms with Crippen LogP contribution in [0.4, 0.5) is 0 Å². The lowest BCUT2D eigenvalue weighted by Crippen LogP contribution is -2.29. The lowest BCUT2D eigenvalue weighted by molar-refractivity contribution is 0.191. The van der Waals surface area contributed by atoms with E-state index in [2.05, 4.69) is 0 Å². The molecule has 3 unspecified atom stereocenters. The Balaban J connectivity index is 1.90. The highest BCUT2D eigenvalue weighted by molar-refractivity contribution is 7.94. The summed E-state index contributed by atoms with van der Waals surface area (Å²) < 4.78 is 46.1. The predicted octanol–water partition coefficient (Wildman–Crippen LogP) is 4.60. The summed E-state index contributed by atoms with van der Waals surface area (Å²) in [5.74, 6) is 0. The molecule has 0 aliphatic carbocycles. The van der Waals surface area contributed by atoms with Gasteiger partial charge < -0.3 is 4.89 Å². The maximum Gasteiger partial charge on any atom is 0.420 e. The lowest BCUT2D eigenvalue weighted by atomic mass is 9.97. The molecule has 1 N–H and O–H groups in total. The van der Waals surface area contributed by atoms with Gasteiger partial charge in [0, 0.05) is 0 Å². The van der Waals surface area contributed by atoms with Crippen LogP contribution in [0.25, 0.3) is 0 Å². The van der Waals surface area contributed by atoms with E-state index in [9.17, 15) is 17.9 Å². The van der Waals surface area contributed by atoms with E-state index in [1.807, 2.05) is 13.0 Å². The maximum atomic E-state index is 13.4. The zero-order valence-electron chi connectivity index (χ0n) is 15.6. The fourth-order valence-corrected chi connectivity index (χ4v) is 7.37. The normalized spacial score (nSPS) is 25.2. The Bertz CT molecular complexity index is 1150. The van der Waals surface area contributed by atoms with E-state index < -0.39 is 29.9 Å². The van der Waals surface area contributed by atoms with E-state index in [0.29, 0.717) is 15.2 Å². The summed E-state index contributed by atoms with van der Waals surface area (Å²) in [6, 6.07) is 22.8. The molecular formula is C21H20NO5PS. The second-order valence-electron chi connectivity index (χ2n) is 6.87. The SMILES string of the molecule is Cc1ccc(S(=O)(=O)N2C(c3ccccc3)C(c3ccccc3)OP2(=O)O)cc1. The zero-order valence-corrected chi connectivity index (χ0v) is 17.3. The number of benzene rings is 3. The molecule has 150 valence electrons. The molecule has 0 saturated carbocycles. The van der Waals surface area contributed by atoms with E-state index >= 15 is 0 Å². The van der Waals surface area contributed by atoms with Gasteiger partial charge in [0.1, 0.15) is 6.10 Å². The largest absolute Gasteiger partial charge is 0.420 e. The molecule has 0 bridgehead atoms. The van der Waals surface area contributed by atoms with Gasteiger partial charge in [0.15, 0.2) is 0 Å². The zero-order chi connectivity index (χ0) is 20.6. The Morgan fingerprint density at radius 2 is 1.38 bits per heavy atom. The molecule has 0 radical (unpaired) electrons. The van der Waals surface area contributed by atoms with Crippen LogP contribution in [-0.4, -0.2) is 17.4 Å². The average Bonchev–Trinajstić information content (AvgIpc) is 3.01. The van der Waals surface area contributed by atoms with Gasteiger partial charge in [-0.3, -0.25) is 4.52 Å². The van der Waals surface area contributed by atoms with Gasteiger partial charge in [-0.2, -0.15) is 0 Å². The van der Waals surface area contributed by atoms with Gasteiger partial charge in [-0.05, 0) is 30.2 Å². The summed E-state index contributed by atoms with van der Waals surface area (Å²) in [6.45, 7) is 1.84. The van der Waals surface area contributed by atoms with E-state index in [-0.39, 0.29) is 4.90 Å². The summed E-state index contributed by atoms with van der Waals surface area (Å²) in [6.07, 6.45) is -0.922. The van der Waals surface area contributed by atoms with Crippen molar-refractivity contribution in [2.75, 3.05) is 0 Å². The van der Waals surface area contributed by atoms with Crippen LogP contribution in [0.3, 0.4) is 0 Å². The first-order valence-corrected chi connectivity index (χ1v) is 12.0. The lowest BCUT2D eigenvalue weighted by Gasteiger charge is -2.25. The monoisotopic (exact) mass is 429 g/mol. The van der Waals surface area contributed by atoms with Crippen LogP contribution in [-0.2, 0) is 19.1 Å². The van der Waals surface area contributed by atoms with Crippen LogP contribution in [0, 0.1) is 6.92 Å². The molecule has 1 aliphatic rings. The molecule has 3 aromatic rings. The highest BCUT2D eigenvalue weighted by Gasteiger charge is 2.57. The first-order chi connectivity index (χ1) is 13.8. The highest BCUT2D eigenvalue weighted by atomic mass is 32.2. The Kier molecular flexibility index (Phi) is 5.19. The fraction of sp³-hybridized carbons (Fsp3) is 0.143. The van der Waals surface area contributed by atoms with Crippen LogP contribution in [0.5, 0.6) is 0 Å². The number of hydrogen-bond acceptors (Lipinski definition) is 4. The van der Waals surface area contributed by atoms with Crippen LogP contribution in [0.15, 0.2) is 89.8 Å². The summed E-state index contributed by atoms with van der Waals surface area (Å²) in [4.78, 5) is 10.6. The molecule has 3 aromatic carbocycles. The van der Waals surface area contributed by atoms with Crippen molar-refractivity contribution in [3.05, 3.63) is 102 Å². The minimum absolute atomic E-state index is 0.0596. The Hall–Kier alpha value is -2.28. The van der Waals surface area contributed by atoms with Crippen molar-refractivity contribution in [1.29, 1.82) is 0 Å². The minimum atomic E-state index is -4.65. The van der Waals surface area contributed by atoms with Crippen molar-refractivity contribution < 1.29 is 22.4 Å². The van der Waals surface area contributed by atoms with Crippen LogP contribution < -0.4 is 0 Å². The van der Waals surface area contributed by atoms with Crippen LogP contribution in [0.2, 0.25) is 0 Å². The Labute approximate surface area is 170 Å². The average molecular weight is 429 g/mol. The minimum Gasteiger partial charge on any atom is -0.312 e. The predicted molar refractivity (Wildman–Crippen MR) is 109 cm³/mol. The number of hydrogen-bond donors (Lipinski definition) is 1. The molecule has 4 rings (SSSR count). The van der Waals surface area contributed by atoms with Crippen LogP contribution >= 0.6 is 7.75 Å². The van der Waals surface area contributed by atoms with Crippen molar-refractivity contribution in [3.63, 3.8) is 0 Å². The highest BCUT2D eigenvalue weighted by Crippen LogP contribution is 2.67. The third-order valence-corrected chi connectivity index (χ3v) is 8.96. The maximum absolute atomic E-state index is 13.4. The van der Waals surface area contributed by atoms with Gasteiger partial charge >= 0.3 is 7.75 Å². The molecule has 1 heterocycles. The van der Waals surface area contributed by atoms with Gasteiger partial charge in [-0.25, -0.2) is 13.0 Å². The molecule has 3 atom stereocenters. The molecule has 0 amide bonds. The molecule has 1 aliphatic heterocycles. The fourth-order valence-electron chi connectivity index (χ4n) is 3.47. The van der Waals surface area contributed by atoms with Gasteiger partial charge in [-0.15, -0.1) is 0 Å². The van der Waals surface area contributed by atoms with Crippen molar-refractivity contribution in [2.45, 2.75) is 24.0 Å². The molecule has 6 nitrogen and oxygen atoms in total. The summed E-state index contributed by atoms with van der Waals surface area (Å²) in [5.41, 5.74) is 2.08. The van der Waals surface area contributed by atoms with Gasteiger partial charge in [0.05, 0.1) is 10.9 Å². The molecule has 1 saturated heterocycles. The summed E-state index contributed by atoms with van der Waals surface area (Å²) in [5, 5.41) is 0.